The molecule has 0 saturated carbocycles. The molecule has 0 aromatic carbocycles. The molecule has 0 saturated heterocycles. The van der Waals surface area contributed by atoms with Gasteiger partial charge in [0.2, 0.25) is 5.88 Å². The lowest BCUT2D eigenvalue weighted by Gasteiger charge is -2.19. The van der Waals surface area contributed by atoms with E-state index in [0.717, 1.165) is 0 Å². The van der Waals surface area contributed by atoms with Crippen molar-refractivity contribution < 1.29 is 48.7 Å². The van der Waals surface area contributed by atoms with Crippen LogP contribution in [0.25, 0.3) is 0 Å². The molecule has 0 fully saturated rings. The zero-order valence-electron chi connectivity index (χ0n) is 13.7. The highest BCUT2D eigenvalue weighted by Gasteiger charge is 2.59. The van der Waals surface area contributed by atoms with E-state index in [1.54, 1.807) is 5.48 Å². The zero-order chi connectivity index (χ0) is 21.0. The number of halogens is 7. The van der Waals surface area contributed by atoms with E-state index in [4.69, 9.17) is 4.84 Å². The Hall–Kier alpha value is -2.03. The monoisotopic (exact) mass is 427 g/mol. The number of aromatic nitrogens is 2. The topological polar surface area (TPSA) is 82.5 Å². The Labute approximate surface area is 147 Å². The second-order valence-corrected chi connectivity index (χ2v) is 7.82. The molecule has 0 amide bonds. The molecule has 1 N–H and O–H groups in total. The molecule has 0 unspecified atom stereocenters. The third kappa shape index (κ3) is 3.69. The summed E-state index contributed by atoms with van der Waals surface area (Å²) < 4.78 is 122. The van der Waals surface area contributed by atoms with Crippen LogP contribution in [0.4, 0.5) is 30.7 Å². The number of alkyl halides is 7. The molecule has 1 aliphatic rings. The average molecular weight is 427 g/mol. The van der Waals surface area contributed by atoms with Gasteiger partial charge in [0.1, 0.15) is 11.2 Å². The SMILES string of the molecule is Cn1nc(C(F)(F)F)c(C(F)(F)S(=O)(=O)C2=CC(C)(C)ON2)c1OC(F)F. The standard InChI is InChI=1S/C12H12F7N3O4S/c1-10(2)4-5(21-26-10)27(23,24)12(18,19)6-7(11(15,16)17)20-22(3)8(6)25-9(13)14/h4,9,21H,1-3H3. The van der Waals surface area contributed by atoms with Crippen molar-refractivity contribution in [1.29, 1.82) is 0 Å². The largest absolute Gasteiger partial charge is 0.435 e. The number of hydrogen-bond acceptors (Lipinski definition) is 6. The van der Waals surface area contributed by atoms with Crippen LogP contribution in [0.1, 0.15) is 25.1 Å². The van der Waals surface area contributed by atoms with Crippen molar-refractivity contribution in [2.45, 2.75) is 37.5 Å². The Balaban J connectivity index is 2.74. The van der Waals surface area contributed by atoms with Gasteiger partial charge in [0.15, 0.2) is 10.7 Å². The van der Waals surface area contributed by atoms with E-state index in [1.165, 1.54) is 13.8 Å². The smallest absolute Gasteiger partial charge is 0.417 e. The van der Waals surface area contributed by atoms with Crippen LogP contribution in [-0.2, 0) is 33.2 Å². The number of rotatable bonds is 5. The van der Waals surface area contributed by atoms with E-state index in [-0.39, 0.29) is 4.68 Å². The summed E-state index contributed by atoms with van der Waals surface area (Å²) >= 11 is 0. The van der Waals surface area contributed by atoms with E-state index in [1.807, 2.05) is 0 Å². The van der Waals surface area contributed by atoms with Gasteiger partial charge >= 0.3 is 18.0 Å². The molecule has 2 heterocycles. The molecule has 154 valence electrons. The van der Waals surface area contributed by atoms with Crippen molar-refractivity contribution in [2.75, 3.05) is 0 Å². The van der Waals surface area contributed by atoms with Gasteiger partial charge in [-0.2, -0.15) is 35.8 Å². The van der Waals surface area contributed by atoms with Gasteiger partial charge in [-0.05, 0) is 19.9 Å². The minimum atomic E-state index is -5.88. The maximum atomic E-state index is 14.7. The summed E-state index contributed by atoms with van der Waals surface area (Å²) in [6.45, 7) is -1.26. The lowest BCUT2D eigenvalue weighted by molar-refractivity contribution is -0.144. The van der Waals surface area contributed by atoms with E-state index < -0.39 is 55.6 Å². The first kappa shape index (κ1) is 21.3. The summed E-state index contributed by atoms with van der Waals surface area (Å²) in [7, 11) is -5.27. The van der Waals surface area contributed by atoms with Gasteiger partial charge in [-0.15, -0.1) is 0 Å². The number of ether oxygens (including phenoxy) is 1. The highest BCUT2D eigenvalue weighted by molar-refractivity contribution is 7.95. The van der Waals surface area contributed by atoms with Crippen molar-refractivity contribution >= 4 is 9.84 Å². The van der Waals surface area contributed by atoms with Crippen LogP contribution in [0, 0.1) is 0 Å². The second kappa shape index (κ2) is 6.25. The molecule has 0 atom stereocenters. The van der Waals surface area contributed by atoms with Gasteiger partial charge in [-0.3, -0.25) is 10.3 Å². The fourth-order valence-electron chi connectivity index (χ4n) is 2.15. The summed E-state index contributed by atoms with van der Waals surface area (Å²) in [5, 5.41) is -3.89. The molecule has 1 aromatic heterocycles. The maximum absolute atomic E-state index is 14.7. The van der Waals surface area contributed by atoms with Gasteiger partial charge in [-0.1, -0.05) is 0 Å². The van der Waals surface area contributed by atoms with Crippen LogP contribution >= 0.6 is 0 Å². The number of hydrogen-bond donors (Lipinski definition) is 1. The number of hydroxylamine groups is 1. The van der Waals surface area contributed by atoms with Crippen LogP contribution in [0.5, 0.6) is 5.88 Å². The maximum Gasteiger partial charge on any atom is 0.435 e. The highest BCUT2D eigenvalue weighted by Crippen LogP contribution is 2.48. The van der Waals surface area contributed by atoms with E-state index in [9.17, 15) is 39.2 Å². The van der Waals surface area contributed by atoms with Crippen molar-refractivity contribution in [1.82, 2.24) is 15.3 Å². The van der Waals surface area contributed by atoms with E-state index >= 15 is 0 Å². The molecule has 7 nitrogen and oxygen atoms in total. The van der Waals surface area contributed by atoms with Crippen LogP contribution in [0.2, 0.25) is 0 Å². The van der Waals surface area contributed by atoms with Gasteiger partial charge in [0.25, 0.3) is 9.84 Å². The molecule has 15 heteroatoms. The first-order chi connectivity index (χ1) is 12.0. The summed E-state index contributed by atoms with van der Waals surface area (Å²) in [6.07, 6.45) is -4.89. The number of aryl methyl sites for hydroxylation is 1. The van der Waals surface area contributed by atoms with E-state index in [2.05, 4.69) is 9.84 Å². The minimum Gasteiger partial charge on any atom is -0.417 e. The predicted molar refractivity (Wildman–Crippen MR) is 74.0 cm³/mol. The Bertz CT molecular complexity index is 874. The van der Waals surface area contributed by atoms with Gasteiger partial charge < -0.3 is 4.74 Å². The molecule has 0 radical (unpaired) electrons. The van der Waals surface area contributed by atoms with Crippen LogP contribution in [-0.4, -0.2) is 30.4 Å². The Morgan fingerprint density at radius 3 is 2.22 bits per heavy atom. The molecular formula is C12H12F7N3O4S. The number of nitrogens with one attached hydrogen (secondary N) is 1. The molecule has 2 rings (SSSR count). The number of nitrogens with zero attached hydrogens (tertiary/aromatic N) is 2. The fourth-order valence-corrected chi connectivity index (χ4v) is 3.47. The highest BCUT2D eigenvalue weighted by atomic mass is 32.2. The van der Waals surface area contributed by atoms with E-state index in [0.29, 0.717) is 13.1 Å². The zero-order valence-corrected chi connectivity index (χ0v) is 14.6. The molecule has 0 aliphatic carbocycles. The molecular weight excluding hydrogens is 415 g/mol. The first-order valence-corrected chi connectivity index (χ1v) is 8.38. The van der Waals surface area contributed by atoms with Crippen molar-refractivity contribution in [3.05, 3.63) is 22.4 Å². The normalized spacial score (nSPS) is 17.8. The van der Waals surface area contributed by atoms with Gasteiger partial charge in [0.05, 0.1) is 0 Å². The van der Waals surface area contributed by atoms with Crippen molar-refractivity contribution in [3.63, 3.8) is 0 Å². The second-order valence-electron chi connectivity index (χ2n) is 5.87. The molecule has 0 bridgehead atoms. The Morgan fingerprint density at radius 1 is 1.26 bits per heavy atom. The van der Waals surface area contributed by atoms with Crippen molar-refractivity contribution in [3.8, 4) is 5.88 Å². The molecule has 0 spiro atoms. The summed E-state index contributed by atoms with van der Waals surface area (Å²) in [5.41, 5.74) is -4.43. The van der Waals surface area contributed by atoms with Crippen LogP contribution < -0.4 is 10.2 Å². The lowest BCUT2D eigenvalue weighted by atomic mass is 10.1. The summed E-state index contributed by atoms with van der Waals surface area (Å²) in [4.78, 5) is 4.72. The Morgan fingerprint density at radius 2 is 1.81 bits per heavy atom. The van der Waals surface area contributed by atoms with Gasteiger partial charge in [0, 0.05) is 7.05 Å². The Kier molecular flexibility index (Phi) is 4.93. The lowest BCUT2D eigenvalue weighted by Crippen LogP contribution is -2.33. The minimum absolute atomic E-state index is 0.0510. The first-order valence-electron chi connectivity index (χ1n) is 6.89. The van der Waals surface area contributed by atoms with Crippen molar-refractivity contribution in [2.24, 2.45) is 7.05 Å². The van der Waals surface area contributed by atoms with Crippen LogP contribution in [0.3, 0.4) is 0 Å². The average Bonchev–Trinajstić information content (AvgIpc) is 2.99. The molecule has 1 aliphatic heterocycles. The quantitative estimate of drug-likeness (QED) is 0.728. The third-order valence-corrected chi connectivity index (χ3v) is 4.93. The molecule has 1 aromatic rings. The van der Waals surface area contributed by atoms with Crippen LogP contribution in [0.15, 0.2) is 11.1 Å². The predicted octanol–water partition coefficient (Wildman–Crippen LogP) is 2.66. The third-order valence-electron chi connectivity index (χ3n) is 3.28. The fraction of sp³-hybridized carbons (Fsp3) is 0.583. The molecule has 27 heavy (non-hydrogen) atoms. The summed E-state index contributed by atoms with van der Waals surface area (Å²) in [6, 6.07) is 0. The van der Waals surface area contributed by atoms with Gasteiger partial charge in [-0.25, -0.2) is 13.1 Å². The summed E-state index contributed by atoms with van der Waals surface area (Å²) in [5.74, 6) is -1.75. The number of sulfone groups is 1.